The number of hydrogen-bond acceptors (Lipinski definition) is 2. The quantitative estimate of drug-likeness (QED) is 0.840. The Labute approximate surface area is 119 Å². The number of furan rings is 1. The second kappa shape index (κ2) is 6.75. The number of aryl methyl sites for hydroxylation is 1. The molecule has 3 heteroatoms. The van der Waals surface area contributed by atoms with Gasteiger partial charge in [-0.3, -0.25) is 4.79 Å². The molecule has 1 unspecified atom stereocenters. The van der Waals surface area contributed by atoms with Crippen LogP contribution in [0.2, 0.25) is 0 Å². The van der Waals surface area contributed by atoms with Crippen molar-refractivity contribution < 1.29 is 9.21 Å². The van der Waals surface area contributed by atoms with E-state index in [9.17, 15) is 4.79 Å². The van der Waals surface area contributed by atoms with Crippen molar-refractivity contribution in [1.82, 2.24) is 5.32 Å². The van der Waals surface area contributed by atoms with Crippen LogP contribution in [0.15, 0.2) is 53.2 Å². The number of nitrogens with one attached hydrogen (secondary N) is 1. The van der Waals surface area contributed by atoms with E-state index >= 15 is 0 Å². The van der Waals surface area contributed by atoms with Crippen LogP contribution < -0.4 is 5.32 Å². The van der Waals surface area contributed by atoms with Gasteiger partial charge in [0.05, 0.1) is 12.3 Å². The summed E-state index contributed by atoms with van der Waals surface area (Å²) >= 11 is 0. The Balaban J connectivity index is 1.92. The van der Waals surface area contributed by atoms with Gasteiger partial charge in [-0.15, -0.1) is 0 Å². The van der Waals surface area contributed by atoms with Gasteiger partial charge in [-0.25, -0.2) is 0 Å². The number of carbonyl (C=O) groups is 1. The van der Waals surface area contributed by atoms with E-state index in [2.05, 4.69) is 36.5 Å². The topological polar surface area (TPSA) is 42.2 Å². The lowest BCUT2D eigenvalue weighted by Crippen LogP contribution is -2.24. The van der Waals surface area contributed by atoms with Crippen LogP contribution in [0.1, 0.15) is 36.8 Å². The third-order valence-corrected chi connectivity index (χ3v) is 3.19. The molecule has 0 spiro atoms. The molecule has 1 heterocycles. The van der Waals surface area contributed by atoms with Gasteiger partial charge < -0.3 is 9.73 Å². The van der Waals surface area contributed by atoms with E-state index in [1.165, 1.54) is 11.6 Å². The highest BCUT2D eigenvalue weighted by Crippen LogP contribution is 2.13. The minimum Gasteiger partial charge on any atom is -0.465 e. The minimum atomic E-state index is -0.131. The van der Waals surface area contributed by atoms with E-state index in [0.29, 0.717) is 5.76 Å². The monoisotopic (exact) mass is 269 g/mol. The first-order valence-corrected chi connectivity index (χ1v) is 6.80. The molecule has 3 nitrogen and oxygen atoms in total. The van der Waals surface area contributed by atoms with Crippen LogP contribution in [0.4, 0.5) is 0 Å². The van der Waals surface area contributed by atoms with E-state index < -0.39 is 0 Å². The van der Waals surface area contributed by atoms with Gasteiger partial charge in [0, 0.05) is 6.08 Å². The van der Waals surface area contributed by atoms with Gasteiger partial charge in [-0.1, -0.05) is 31.2 Å². The number of benzene rings is 1. The maximum absolute atomic E-state index is 11.8. The molecule has 0 radical (unpaired) electrons. The fourth-order valence-corrected chi connectivity index (χ4v) is 1.93. The molecule has 104 valence electrons. The molecule has 20 heavy (non-hydrogen) atoms. The molecule has 2 rings (SSSR count). The van der Waals surface area contributed by atoms with Gasteiger partial charge in [-0.05, 0) is 42.7 Å². The van der Waals surface area contributed by atoms with Crippen LogP contribution in [-0.2, 0) is 11.2 Å². The van der Waals surface area contributed by atoms with Crippen molar-refractivity contribution in [3.63, 3.8) is 0 Å². The first-order chi connectivity index (χ1) is 9.69. The molecule has 0 saturated heterocycles. The van der Waals surface area contributed by atoms with E-state index in [0.717, 1.165) is 12.0 Å². The molecule has 1 N–H and O–H groups in total. The highest BCUT2D eigenvalue weighted by atomic mass is 16.3. The smallest absolute Gasteiger partial charge is 0.244 e. The third kappa shape index (κ3) is 3.85. The Kier molecular flexibility index (Phi) is 4.77. The molecule has 0 aliphatic heterocycles. The zero-order valence-electron chi connectivity index (χ0n) is 11.8. The van der Waals surface area contributed by atoms with Crippen LogP contribution in [0.3, 0.4) is 0 Å². The zero-order chi connectivity index (χ0) is 14.4. The summed E-state index contributed by atoms with van der Waals surface area (Å²) in [6.07, 6.45) is 5.74. The summed E-state index contributed by atoms with van der Waals surface area (Å²) in [5, 5.41) is 2.93. The van der Waals surface area contributed by atoms with E-state index in [1.54, 1.807) is 24.5 Å². The highest BCUT2D eigenvalue weighted by Gasteiger charge is 2.07. The summed E-state index contributed by atoms with van der Waals surface area (Å²) in [4.78, 5) is 11.8. The van der Waals surface area contributed by atoms with Crippen LogP contribution in [0.25, 0.3) is 6.08 Å². The lowest BCUT2D eigenvalue weighted by Gasteiger charge is -2.13. The standard InChI is InChI=1S/C17H19NO2/c1-3-14-6-8-15(9-7-14)13(2)18-17(19)11-10-16-5-4-12-20-16/h4-13H,3H2,1-2H3,(H,18,19)/b11-10+. The molecule has 0 bridgehead atoms. The molecule has 1 aromatic carbocycles. The van der Waals surface area contributed by atoms with Crippen LogP contribution >= 0.6 is 0 Å². The minimum absolute atomic E-state index is 0.0188. The summed E-state index contributed by atoms with van der Waals surface area (Å²) < 4.78 is 5.13. The van der Waals surface area contributed by atoms with Crippen molar-refractivity contribution >= 4 is 12.0 Å². The lowest BCUT2D eigenvalue weighted by atomic mass is 10.1. The average molecular weight is 269 g/mol. The molecule has 1 aromatic heterocycles. The number of hydrogen-bond donors (Lipinski definition) is 1. The molecular weight excluding hydrogens is 250 g/mol. The van der Waals surface area contributed by atoms with Crippen molar-refractivity contribution in [2.45, 2.75) is 26.3 Å². The van der Waals surface area contributed by atoms with Crippen LogP contribution in [0, 0.1) is 0 Å². The molecule has 0 saturated carbocycles. The van der Waals surface area contributed by atoms with Gasteiger partial charge in [0.15, 0.2) is 0 Å². The van der Waals surface area contributed by atoms with Crippen molar-refractivity contribution in [3.8, 4) is 0 Å². The fourth-order valence-electron chi connectivity index (χ4n) is 1.93. The van der Waals surface area contributed by atoms with Crippen LogP contribution in [0.5, 0.6) is 0 Å². The van der Waals surface area contributed by atoms with Gasteiger partial charge in [0.1, 0.15) is 5.76 Å². The van der Waals surface area contributed by atoms with E-state index in [1.807, 2.05) is 6.92 Å². The number of rotatable bonds is 5. The Bertz CT molecular complexity index is 568. The molecule has 0 aliphatic rings. The van der Waals surface area contributed by atoms with Crippen molar-refractivity contribution in [2.75, 3.05) is 0 Å². The van der Waals surface area contributed by atoms with Gasteiger partial charge in [0.25, 0.3) is 0 Å². The Hall–Kier alpha value is -2.29. The first-order valence-electron chi connectivity index (χ1n) is 6.80. The van der Waals surface area contributed by atoms with Gasteiger partial charge in [-0.2, -0.15) is 0 Å². The predicted molar refractivity (Wildman–Crippen MR) is 80.1 cm³/mol. The Morgan fingerprint density at radius 2 is 2.05 bits per heavy atom. The van der Waals surface area contributed by atoms with Crippen LogP contribution in [-0.4, -0.2) is 5.91 Å². The maximum Gasteiger partial charge on any atom is 0.244 e. The first kappa shape index (κ1) is 14.1. The summed E-state index contributed by atoms with van der Waals surface area (Å²) in [6.45, 7) is 4.10. The molecule has 1 atom stereocenters. The SMILES string of the molecule is CCc1ccc(C(C)NC(=O)/C=C/c2ccco2)cc1. The molecule has 2 aromatic rings. The highest BCUT2D eigenvalue weighted by molar-refractivity contribution is 5.91. The van der Waals surface area contributed by atoms with Gasteiger partial charge in [0.2, 0.25) is 5.91 Å². The Morgan fingerprint density at radius 1 is 1.30 bits per heavy atom. The maximum atomic E-state index is 11.8. The lowest BCUT2D eigenvalue weighted by molar-refractivity contribution is -0.117. The van der Waals surface area contributed by atoms with Crippen molar-refractivity contribution in [3.05, 3.63) is 65.6 Å². The summed E-state index contributed by atoms with van der Waals surface area (Å²) in [6, 6.07) is 11.9. The molecular formula is C17H19NO2. The summed E-state index contributed by atoms with van der Waals surface area (Å²) in [7, 11) is 0. The second-order valence-corrected chi connectivity index (χ2v) is 4.67. The zero-order valence-corrected chi connectivity index (χ0v) is 11.8. The predicted octanol–water partition coefficient (Wildman–Crippen LogP) is 3.73. The van der Waals surface area contributed by atoms with Gasteiger partial charge >= 0.3 is 0 Å². The summed E-state index contributed by atoms with van der Waals surface area (Å²) in [5.74, 6) is 0.536. The second-order valence-electron chi connectivity index (χ2n) is 4.67. The molecule has 0 aliphatic carbocycles. The summed E-state index contributed by atoms with van der Waals surface area (Å²) in [5.41, 5.74) is 2.40. The molecule has 0 fully saturated rings. The van der Waals surface area contributed by atoms with E-state index in [4.69, 9.17) is 4.42 Å². The third-order valence-electron chi connectivity index (χ3n) is 3.19. The van der Waals surface area contributed by atoms with Crippen molar-refractivity contribution in [1.29, 1.82) is 0 Å². The number of carbonyl (C=O) groups excluding carboxylic acids is 1. The largest absolute Gasteiger partial charge is 0.465 e. The van der Waals surface area contributed by atoms with Crippen molar-refractivity contribution in [2.24, 2.45) is 0 Å². The molecule has 1 amide bonds. The fraction of sp³-hybridized carbons (Fsp3) is 0.235. The Morgan fingerprint density at radius 3 is 2.65 bits per heavy atom. The number of amides is 1. The van der Waals surface area contributed by atoms with E-state index in [-0.39, 0.29) is 11.9 Å². The average Bonchev–Trinajstić information content (AvgIpc) is 2.98. The normalized spacial score (nSPS) is 12.5.